The fourth-order valence-corrected chi connectivity index (χ4v) is 2.91. The first-order valence-electron chi connectivity index (χ1n) is 8.90. The van der Waals surface area contributed by atoms with Gasteiger partial charge in [0, 0.05) is 11.1 Å². The number of hydrogen-bond acceptors (Lipinski definition) is 0. The number of halogens is 2. The zero-order valence-electron chi connectivity index (χ0n) is 15.1. The second kappa shape index (κ2) is 8.09. The van der Waals surface area contributed by atoms with E-state index in [1.54, 1.807) is 36.4 Å². The van der Waals surface area contributed by atoms with Crippen molar-refractivity contribution in [2.75, 3.05) is 0 Å². The van der Waals surface area contributed by atoms with E-state index in [0.717, 1.165) is 29.5 Å². The van der Waals surface area contributed by atoms with Gasteiger partial charge in [0.2, 0.25) is 0 Å². The third-order valence-electron chi connectivity index (χ3n) is 4.46. The summed E-state index contributed by atoms with van der Waals surface area (Å²) >= 11 is 0. The maximum Gasteiger partial charge on any atom is 0.166 e. The van der Waals surface area contributed by atoms with Crippen molar-refractivity contribution in [1.82, 2.24) is 0 Å². The van der Waals surface area contributed by atoms with E-state index < -0.39 is 11.7 Å². The third kappa shape index (κ3) is 4.08. The molecule has 26 heavy (non-hydrogen) atoms. The van der Waals surface area contributed by atoms with E-state index >= 15 is 0 Å². The highest BCUT2D eigenvalue weighted by Gasteiger charge is 2.11. The lowest BCUT2D eigenvalue weighted by Crippen LogP contribution is -1.86. The van der Waals surface area contributed by atoms with Gasteiger partial charge in [-0.25, -0.2) is 8.78 Å². The van der Waals surface area contributed by atoms with E-state index in [0.29, 0.717) is 0 Å². The lowest BCUT2D eigenvalue weighted by Gasteiger charge is -2.06. The topological polar surface area (TPSA) is 0 Å². The van der Waals surface area contributed by atoms with Crippen LogP contribution >= 0.6 is 0 Å². The first kappa shape index (κ1) is 18.1. The molecule has 0 nitrogen and oxygen atoms in total. The Morgan fingerprint density at radius 2 is 1.08 bits per heavy atom. The zero-order chi connectivity index (χ0) is 18.5. The molecule has 0 saturated carbocycles. The lowest BCUT2D eigenvalue weighted by atomic mass is 10.0. The second-order valence-corrected chi connectivity index (χ2v) is 6.52. The summed E-state index contributed by atoms with van der Waals surface area (Å²) in [4.78, 5) is 0. The van der Waals surface area contributed by atoms with Crippen molar-refractivity contribution in [3.05, 3.63) is 95.1 Å². The van der Waals surface area contributed by atoms with E-state index in [1.807, 2.05) is 19.1 Å². The van der Waals surface area contributed by atoms with Gasteiger partial charge < -0.3 is 0 Å². The first-order chi connectivity index (χ1) is 12.6. The molecule has 0 heterocycles. The van der Waals surface area contributed by atoms with Crippen LogP contribution in [0.2, 0.25) is 0 Å². The molecule has 0 amide bonds. The third-order valence-corrected chi connectivity index (χ3v) is 4.46. The van der Waals surface area contributed by atoms with Crippen LogP contribution in [0, 0.1) is 6.92 Å². The molecule has 0 saturated heterocycles. The van der Waals surface area contributed by atoms with Gasteiger partial charge in [0.05, 0.1) is 0 Å². The quantitative estimate of drug-likeness (QED) is 0.422. The Morgan fingerprint density at radius 3 is 1.54 bits per heavy atom. The van der Waals surface area contributed by atoms with Gasteiger partial charge >= 0.3 is 0 Å². The summed E-state index contributed by atoms with van der Waals surface area (Å²) in [5.74, 6) is -1.67. The van der Waals surface area contributed by atoms with E-state index in [2.05, 4.69) is 31.2 Å². The molecule has 0 spiro atoms. The average molecular weight is 348 g/mol. The molecule has 0 aliphatic rings. The van der Waals surface area contributed by atoms with Crippen molar-refractivity contribution in [1.29, 1.82) is 0 Å². The minimum atomic E-state index is -0.835. The standard InChI is InChI=1S/C24H22F2/c1-3-4-18-7-11-19(12-8-18)20-13-15-22(16-14-20)24(26)23(25)21-9-5-17(2)6-10-21/h5-16H,3-4H2,1-2H3/b24-23+. The van der Waals surface area contributed by atoms with Gasteiger partial charge in [-0.15, -0.1) is 0 Å². The molecule has 0 aliphatic heterocycles. The van der Waals surface area contributed by atoms with Crippen LogP contribution in [-0.2, 0) is 6.42 Å². The zero-order valence-corrected chi connectivity index (χ0v) is 15.1. The second-order valence-electron chi connectivity index (χ2n) is 6.52. The van der Waals surface area contributed by atoms with Gasteiger partial charge in [-0.3, -0.25) is 0 Å². The van der Waals surface area contributed by atoms with Gasteiger partial charge in [-0.05, 0) is 30.0 Å². The molecule has 2 heteroatoms. The summed E-state index contributed by atoms with van der Waals surface area (Å²) in [6.45, 7) is 4.07. The summed E-state index contributed by atoms with van der Waals surface area (Å²) in [6, 6.07) is 22.0. The van der Waals surface area contributed by atoms with Crippen LogP contribution in [0.4, 0.5) is 8.78 Å². The maximum absolute atomic E-state index is 14.5. The lowest BCUT2D eigenvalue weighted by molar-refractivity contribution is 0.700. The monoisotopic (exact) mass is 348 g/mol. The molecular weight excluding hydrogens is 326 g/mol. The first-order valence-corrected chi connectivity index (χ1v) is 8.90. The molecule has 3 rings (SSSR count). The maximum atomic E-state index is 14.5. The average Bonchev–Trinajstić information content (AvgIpc) is 2.68. The van der Waals surface area contributed by atoms with Crippen molar-refractivity contribution in [3.63, 3.8) is 0 Å². The predicted molar refractivity (Wildman–Crippen MR) is 106 cm³/mol. The molecule has 132 valence electrons. The van der Waals surface area contributed by atoms with Crippen LogP contribution in [0.3, 0.4) is 0 Å². The molecular formula is C24H22F2. The largest absolute Gasteiger partial charge is 0.203 e. The van der Waals surface area contributed by atoms with Crippen molar-refractivity contribution < 1.29 is 8.78 Å². The number of hydrogen-bond donors (Lipinski definition) is 0. The summed E-state index contributed by atoms with van der Waals surface area (Å²) in [5.41, 5.74) is 4.87. The molecule has 0 fully saturated rings. The summed E-state index contributed by atoms with van der Waals surface area (Å²) in [7, 11) is 0. The van der Waals surface area contributed by atoms with Gasteiger partial charge in [-0.2, -0.15) is 0 Å². The van der Waals surface area contributed by atoms with Crippen LogP contribution in [0.1, 0.15) is 35.6 Å². The molecule has 0 radical (unpaired) electrons. The normalized spacial score (nSPS) is 12.0. The number of aryl methyl sites for hydroxylation is 2. The fourth-order valence-electron chi connectivity index (χ4n) is 2.91. The van der Waals surface area contributed by atoms with Gasteiger partial charge in [0.15, 0.2) is 11.7 Å². The smallest absolute Gasteiger partial charge is 0.166 e. The molecule has 3 aromatic rings. The summed E-state index contributed by atoms with van der Waals surface area (Å²) < 4.78 is 28.9. The van der Waals surface area contributed by atoms with Crippen LogP contribution < -0.4 is 0 Å². The highest BCUT2D eigenvalue weighted by atomic mass is 19.2. The minimum absolute atomic E-state index is 0.245. The van der Waals surface area contributed by atoms with Gasteiger partial charge in [0.25, 0.3) is 0 Å². The fraction of sp³-hybridized carbons (Fsp3) is 0.167. The highest BCUT2D eigenvalue weighted by Crippen LogP contribution is 2.30. The predicted octanol–water partition coefficient (Wildman–Crippen LogP) is 7.38. The van der Waals surface area contributed by atoms with E-state index in [-0.39, 0.29) is 11.1 Å². The van der Waals surface area contributed by atoms with Crippen LogP contribution in [0.15, 0.2) is 72.8 Å². The Morgan fingerprint density at radius 1 is 0.654 bits per heavy atom. The minimum Gasteiger partial charge on any atom is -0.203 e. The Labute approximate surface area is 153 Å². The SMILES string of the molecule is CCCc1ccc(-c2ccc(/C(F)=C(\F)c3ccc(C)cc3)cc2)cc1. The summed E-state index contributed by atoms with van der Waals surface area (Å²) in [5, 5.41) is 0. The molecule has 3 aromatic carbocycles. The summed E-state index contributed by atoms with van der Waals surface area (Å²) in [6.07, 6.45) is 2.18. The van der Waals surface area contributed by atoms with Crippen LogP contribution in [0.25, 0.3) is 22.8 Å². The Bertz CT molecular complexity index is 886. The Kier molecular flexibility index (Phi) is 5.62. The van der Waals surface area contributed by atoms with Crippen molar-refractivity contribution >= 4 is 11.7 Å². The van der Waals surface area contributed by atoms with Gasteiger partial charge in [-0.1, -0.05) is 91.7 Å². The van der Waals surface area contributed by atoms with E-state index in [9.17, 15) is 8.78 Å². The molecule has 0 atom stereocenters. The Balaban J connectivity index is 1.84. The van der Waals surface area contributed by atoms with E-state index in [4.69, 9.17) is 0 Å². The molecule has 0 unspecified atom stereocenters. The van der Waals surface area contributed by atoms with Crippen molar-refractivity contribution in [3.8, 4) is 11.1 Å². The number of benzene rings is 3. The van der Waals surface area contributed by atoms with Crippen molar-refractivity contribution in [2.24, 2.45) is 0 Å². The highest BCUT2D eigenvalue weighted by molar-refractivity contribution is 5.83. The van der Waals surface area contributed by atoms with Crippen LogP contribution in [-0.4, -0.2) is 0 Å². The Hall–Kier alpha value is -2.74. The molecule has 0 aromatic heterocycles. The number of rotatable bonds is 5. The van der Waals surface area contributed by atoms with Crippen molar-refractivity contribution in [2.45, 2.75) is 26.7 Å². The van der Waals surface area contributed by atoms with Crippen LogP contribution in [0.5, 0.6) is 0 Å². The molecule has 0 bridgehead atoms. The van der Waals surface area contributed by atoms with E-state index in [1.165, 1.54) is 5.56 Å². The molecule has 0 N–H and O–H groups in total. The molecule has 0 aliphatic carbocycles. The van der Waals surface area contributed by atoms with Gasteiger partial charge in [0.1, 0.15) is 0 Å².